The highest BCUT2D eigenvalue weighted by molar-refractivity contribution is 7.93. The number of piperazine rings is 1. The molecule has 0 bridgehead atoms. The van der Waals surface area contributed by atoms with Gasteiger partial charge < -0.3 is 4.74 Å². The smallest absolute Gasteiger partial charge is 0.416 e. The number of nitrogens with zero attached hydrogens (tertiary/aromatic N) is 3. The van der Waals surface area contributed by atoms with Crippen LogP contribution in [0.2, 0.25) is 0 Å². The second kappa shape index (κ2) is 10.9. The largest absolute Gasteiger partial charge is 0.456 e. The number of sulfonamides is 2. The molecule has 0 spiro atoms. The Morgan fingerprint density at radius 1 is 0.925 bits per heavy atom. The van der Waals surface area contributed by atoms with Gasteiger partial charge >= 0.3 is 6.18 Å². The van der Waals surface area contributed by atoms with Crippen LogP contribution < -0.4 is 4.74 Å². The number of hydrogen-bond donors (Lipinski definition) is 0. The predicted molar refractivity (Wildman–Crippen MR) is 142 cm³/mol. The van der Waals surface area contributed by atoms with Crippen LogP contribution in [0.15, 0.2) is 82.3 Å². The van der Waals surface area contributed by atoms with Gasteiger partial charge in [0.2, 0.25) is 20.0 Å². The third-order valence-electron chi connectivity index (χ3n) is 6.47. The van der Waals surface area contributed by atoms with Crippen molar-refractivity contribution in [2.45, 2.75) is 24.9 Å². The molecule has 1 saturated heterocycles. The van der Waals surface area contributed by atoms with Gasteiger partial charge in [0.05, 0.1) is 22.4 Å². The van der Waals surface area contributed by atoms with E-state index in [0.717, 1.165) is 31.9 Å². The lowest BCUT2D eigenvalue weighted by atomic mass is 9.96. The van der Waals surface area contributed by atoms with Crippen molar-refractivity contribution in [3.63, 3.8) is 0 Å². The van der Waals surface area contributed by atoms with E-state index < -0.39 is 37.7 Å². The molecule has 4 rings (SSSR count). The van der Waals surface area contributed by atoms with E-state index in [9.17, 15) is 35.3 Å². The van der Waals surface area contributed by atoms with Crippen LogP contribution in [0.5, 0.6) is 5.75 Å². The summed E-state index contributed by atoms with van der Waals surface area (Å²) in [6, 6.07) is 10.5. The number of alkyl halides is 3. The van der Waals surface area contributed by atoms with Crippen molar-refractivity contribution >= 4 is 20.0 Å². The van der Waals surface area contributed by atoms with Crippen LogP contribution in [0.4, 0.5) is 13.2 Å². The van der Waals surface area contributed by atoms with Crippen LogP contribution in [-0.4, -0.2) is 51.6 Å². The lowest BCUT2D eigenvalue weighted by Crippen LogP contribution is -2.50. The topological polar surface area (TPSA) is 108 Å². The van der Waals surface area contributed by atoms with Crippen molar-refractivity contribution in [3.8, 4) is 11.8 Å². The molecule has 1 heterocycles. The fourth-order valence-corrected chi connectivity index (χ4v) is 7.46. The summed E-state index contributed by atoms with van der Waals surface area (Å²) < 4.78 is 100. The highest BCUT2D eigenvalue weighted by Gasteiger charge is 2.38. The summed E-state index contributed by atoms with van der Waals surface area (Å²) in [6.45, 7) is 6.70. The van der Waals surface area contributed by atoms with Crippen molar-refractivity contribution in [1.29, 1.82) is 5.26 Å². The molecular formula is C27H26F3N3O5S2. The van der Waals surface area contributed by atoms with Gasteiger partial charge in [-0.2, -0.15) is 27.0 Å². The lowest BCUT2D eigenvalue weighted by Gasteiger charge is -2.34. The average molecular weight is 594 g/mol. The number of aryl methyl sites for hydroxylation is 2. The zero-order chi connectivity index (χ0) is 29.5. The van der Waals surface area contributed by atoms with Crippen LogP contribution in [0.3, 0.4) is 0 Å². The van der Waals surface area contributed by atoms with E-state index in [-0.39, 0.29) is 41.7 Å². The number of rotatable bonds is 6. The van der Waals surface area contributed by atoms with E-state index in [0.29, 0.717) is 23.5 Å². The first-order chi connectivity index (χ1) is 18.6. The SMILES string of the molecule is C=C1C=C(Oc2cc(C)cc(C)c2)C(S(=O)(=O)N2CCN(S(=O)(=O)c3ccc(C(F)(F)F)cc3)CC2)=CC1C#N. The maximum Gasteiger partial charge on any atom is 0.416 e. The predicted octanol–water partition coefficient (Wildman–Crippen LogP) is 4.51. The van der Waals surface area contributed by atoms with Crippen LogP contribution >= 0.6 is 0 Å². The van der Waals surface area contributed by atoms with E-state index in [1.165, 1.54) is 12.2 Å². The molecule has 40 heavy (non-hydrogen) atoms. The third-order valence-corrected chi connectivity index (χ3v) is 10.3. The highest BCUT2D eigenvalue weighted by atomic mass is 32.2. The molecule has 0 N–H and O–H groups in total. The minimum Gasteiger partial charge on any atom is -0.456 e. The molecule has 8 nitrogen and oxygen atoms in total. The highest BCUT2D eigenvalue weighted by Crippen LogP contribution is 2.35. The van der Waals surface area contributed by atoms with E-state index in [4.69, 9.17) is 4.74 Å². The van der Waals surface area contributed by atoms with E-state index in [1.54, 1.807) is 12.1 Å². The quantitative estimate of drug-likeness (QED) is 0.488. The zero-order valence-corrected chi connectivity index (χ0v) is 23.3. The van der Waals surface area contributed by atoms with Gasteiger partial charge in [-0.05, 0) is 79.1 Å². The molecular weight excluding hydrogens is 567 g/mol. The fourth-order valence-electron chi connectivity index (χ4n) is 4.46. The van der Waals surface area contributed by atoms with Crippen LogP contribution in [0.25, 0.3) is 0 Å². The molecule has 0 saturated carbocycles. The maximum atomic E-state index is 13.7. The van der Waals surface area contributed by atoms with Gasteiger partial charge in [-0.3, -0.25) is 0 Å². The zero-order valence-electron chi connectivity index (χ0n) is 21.6. The Kier molecular flexibility index (Phi) is 8.01. The summed E-state index contributed by atoms with van der Waals surface area (Å²) >= 11 is 0. The van der Waals surface area contributed by atoms with Crippen molar-refractivity contribution in [2.24, 2.45) is 5.92 Å². The van der Waals surface area contributed by atoms with Gasteiger partial charge in [0.15, 0.2) is 0 Å². The van der Waals surface area contributed by atoms with E-state index >= 15 is 0 Å². The van der Waals surface area contributed by atoms with E-state index in [1.807, 2.05) is 26.0 Å². The Labute approximate surface area is 231 Å². The number of ether oxygens (including phenoxy) is 1. The third kappa shape index (κ3) is 6.00. The Hall–Kier alpha value is -3.44. The molecule has 0 aromatic heterocycles. The molecule has 212 valence electrons. The van der Waals surface area contributed by atoms with Gasteiger partial charge in [0.25, 0.3) is 0 Å². The van der Waals surface area contributed by atoms with Crippen molar-refractivity contribution in [3.05, 3.63) is 94.1 Å². The molecule has 2 aromatic rings. The van der Waals surface area contributed by atoms with Gasteiger partial charge in [-0.1, -0.05) is 12.6 Å². The normalized spacial score (nSPS) is 19.5. The molecule has 1 aliphatic carbocycles. The Morgan fingerprint density at radius 2 is 1.45 bits per heavy atom. The number of allylic oxidation sites excluding steroid dienone is 3. The monoisotopic (exact) mass is 593 g/mol. The summed E-state index contributed by atoms with van der Waals surface area (Å²) in [5.74, 6) is -0.514. The second-order valence-corrected chi connectivity index (χ2v) is 13.3. The molecule has 1 atom stereocenters. The molecule has 1 fully saturated rings. The van der Waals surface area contributed by atoms with Crippen LogP contribution in [-0.2, 0) is 26.2 Å². The van der Waals surface area contributed by atoms with Gasteiger partial charge in [0, 0.05) is 26.2 Å². The van der Waals surface area contributed by atoms with Gasteiger partial charge in [-0.25, -0.2) is 16.8 Å². The summed E-state index contributed by atoms with van der Waals surface area (Å²) in [6.07, 6.45) is -1.94. The Bertz CT molecular complexity index is 1630. The summed E-state index contributed by atoms with van der Waals surface area (Å²) in [5, 5.41) is 9.53. The first-order valence-electron chi connectivity index (χ1n) is 12.1. The summed E-state index contributed by atoms with van der Waals surface area (Å²) in [7, 11) is -8.39. The van der Waals surface area contributed by atoms with Gasteiger partial charge in [-0.15, -0.1) is 0 Å². The number of nitriles is 1. The molecule has 0 amide bonds. The van der Waals surface area contributed by atoms with Crippen molar-refractivity contribution in [1.82, 2.24) is 8.61 Å². The number of halogens is 3. The first-order valence-corrected chi connectivity index (χ1v) is 15.0. The standard InChI is InChI=1S/C27H26F3N3O5S2/c1-18-12-19(2)14-23(13-18)38-25-15-20(3)21(17-31)16-26(25)40(36,37)33-10-8-32(9-11-33)39(34,35)24-6-4-22(5-7-24)27(28,29)30/h4-7,12-16,21H,3,8-11H2,1-2H3. The Balaban J connectivity index is 1.55. The minimum absolute atomic E-state index is 0.0127. The molecule has 2 aliphatic rings. The van der Waals surface area contributed by atoms with Crippen LogP contribution in [0.1, 0.15) is 16.7 Å². The Morgan fingerprint density at radius 3 is 1.95 bits per heavy atom. The molecule has 1 aliphatic heterocycles. The summed E-state index contributed by atoms with van der Waals surface area (Å²) in [5.41, 5.74) is 1.18. The molecule has 1 unspecified atom stereocenters. The number of benzene rings is 2. The van der Waals surface area contributed by atoms with Gasteiger partial charge in [0.1, 0.15) is 16.4 Å². The molecule has 13 heteroatoms. The average Bonchev–Trinajstić information content (AvgIpc) is 2.87. The molecule has 2 aromatic carbocycles. The summed E-state index contributed by atoms with van der Waals surface area (Å²) in [4.78, 5) is -0.557. The second-order valence-electron chi connectivity index (χ2n) is 9.48. The minimum atomic E-state index is -4.61. The van der Waals surface area contributed by atoms with Crippen molar-refractivity contribution in [2.75, 3.05) is 26.2 Å². The molecule has 0 radical (unpaired) electrons. The first kappa shape index (κ1) is 29.5. The number of hydrogen-bond acceptors (Lipinski definition) is 6. The van der Waals surface area contributed by atoms with E-state index in [2.05, 4.69) is 6.58 Å². The fraction of sp³-hybridized carbons (Fsp3) is 0.296. The van der Waals surface area contributed by atoms with Crippen LogP contribution in [0, 0.1) is 31.1 Å². The van der Waals surface area contributed by atoms with Crippen molar-refractivity contribution < 1.29 is 34.7 Å². The maximum absolute atomic E-state index is 13.7. The lowest BCUT2D eigenvalue weighted by molar-refractivity contribution is -0.137.